The molecule has 0 heteroatoms. The van der Waals surface area contributed by atoms with Crippen molar-refractivity contribution in [1.82, 2.24) is 0 Å². The highest BCUT2D eigenvalue weighted by atomic mass is 14.3. The normalized spacial score (nSPS) is 13.3. The van der Waals surface area contributed by atoms with E-state index in [0.29, 0.717) is 0 Å². The lowest BCUT2D eigenvalue weighted by atomic mass is 9.76. The smallest absolute Gasteiger partial charge is 0.00232 e. The SMILES string of the molecule is c1ccc2c(c1)CCc1c(-c3c4ccccc4c(-c4ccc5c(c4)-c4c(ccc6ccccc46)CC5)c4ccccc34)cc3ccccc3c1-2. The molecule has 0 aromatic heterocycles. The van der Waals surface area contributed by atoms with Gasteiger partial charge in [-0.05, 0) is 148 Å². The maximum Gasteiger partial charge on any atom is -0.00232 e. The number of benzene rings is 9. The molecule has 2 aliphatic carbocycles. The molecule has 0 saturated carbocycles. The fourth-order valence-corrected chi connectivity index (χ4v) is 9.45. The first-order chi connectivity index (χ1) is 24.8. The highest BCUT2D eigenvalue weighted by Gasteiger charge is 2.26. The molecule has 0 aliphatic heterocycles. The van der Waals surface area contributed by atoms with Gasteiger partial charge in [-0.25, -0.2) is 0 Å². The van der Waals surface area contributed by atoms with Gasteiger partial charge in [0.1, 0.15) is 0 Å². The Labute approximate surface area is 292 Å². The van der Waals surface area contributed by atoms with Gasteiger partial charge in [0.15, 0.2) is 0 Å². The third-order valence-corrected chi connectivity index (χ3v) is 11.6. The lowest BCUT2D eigenvalue weighted by Gasteiger charge is -2.27. The Morgan fingerprint density at radius 3 is 1.58 bits per heavy atom. The lowest BCUT2D eigenvalue weighted by Crippen LogP contribution is -2.07. The number of hydrogen-bond acceptors (Lipinski definition) is 0. The van der Waals surface area contributed by atoms with Crippen molar-refractivity contribution < 1.29 is 0 Å². The second kappa shape index (κ2) is 10.8. The van der Waals surface area contributed by atoms with Gasteiger partial charge in [0, 0.05) is 0 Å². The van der Waals surface area contributed by atoms with Crippen LogP contribution in [0.2, 0.25) is 0 Å². The standard InChI is InChI=1S/C50H34/c1-4-14-37-31(11-1)21-24-34-25-22-33-23-26-36(30-45(33)47(34)37)48-40-17-7-9-19-42(40)50(43-20-10-8-18-41(43)48)46-29-35-13-3-6-16-39(35)49-38-15-5-2-12-32(38)27-28-44(46)49/h1-21,23-24,26,29-30H,22,25,27-28H2. The van der Waals surface area contributed by atoms with Crippen molar-refractivity contribution in [3.8, 4) is 44.5 Å². The predicted octanol–water partition coefficient (Wildman–Crippen LogP) is 13.2. The zero-order chi connectivity index (χ0) is 32.8. The molecule has 0 N–H and O–H groups in total. The molecule has 50 heavy (non-hydrogen) atoms. The summed E-state index contributed by atoms with van der Waals surface area (Å²) in [4.78, 5) is 0. The van der Waals surface area contributed by atoms with E-state index >= 15 is 0 Å². The molecule has 0 nitrogen and oxygen atoms in total. The molecule has 9 aromatic carbocycles. The number of aryl methyl sites for hydroxylation is 3. The molecule has 0 fully saturated rings. The average molecular weight is 635 g/mol. The van der Waals surface area contributed by atoms with Crippen LogP contribution in [0.15, 0.2) is 158 Å². The van der Waals surface area contributed by atoms with Gasteiger partial charge >= 0.3 is 0 Å². The Kier molecular flexibility index (Phi) is 6.01. The third-order valence-electron chi connectivity index (χ3n) is 11.6. The highest BCUT2D eigenvalue weighted by molar-refractivity contribution is 6.23. The van der Waals surface area contributed by atoms with E-state index in [-0.39, 0.29) is 0 Å². The maximum absolute atomic E-state index is 2.50. The van der Waals surface area contributed by atoms with Crippen LogP contribution in [0.4, 0.5) is 0 Å². The van der Waals surface area contributed by atoms with Crippen LogP contribution in [0.1, 0.15) is 22.3 Å². The molecule has 9 aromatic rings. The number of fused-ring (bicyclic) bond motifs is 12. The number of hydrogen-bond donors (Lipinski definition) is 0. The van der Waals surface area contributed by atoms with Gasteiger partial charge in [-0.2, -0.15) is 0 Å². The predicted molar refractivity (Wildman–Crippen MR) is 213 cm³/mol. The van der Waals surface area contributed by atoms with Crippen molar-refractivity contribution in [3.05, 3.63) is 180 Å². The van der Waals surface area contributed by atoms with Gasteiger partial charge in [-0.15, -0.1) is 0 Å². The molecule has 0 bridgehead atoms. The first-order valence-electron chi connectivity index (χ1n) is 18.0. The lowest BCUT2D eigenvalue weighted by molar-refractivity contribution is 0.945. The van der Waals surface area contributed by atoms with Crippen molar-refractivity contribution in [3.63, 3.8) is 0 Å². The Morgan fingerprint density at radius 1 is 0.280 bits per heavy atom. The van der Waals surface area contributed by atoms with Crippen LogP contribution < -0.4 is 0 Å². The summed E-state index contributed by atoms with van der Waals surface area (Å²) < 4.78 is 0. The molecule has 0 unspecified atom stereocenters. The van der Waals surface area contributed by atoms with E-state index in [1.807, 2.05) is 0 Å². The fraction of sp³-hybridized carbons (Fsp3) is 0.0800. The Hall–Kier alpha value is -5.98. The molecule has 0 radical (unpaired) electrons. The zero-order valence-electron chi connectivity index (χ0n) is 27.8. The van der Waals surface area contributed by atoms with Crippen LogP contribution in [-0.2, 0) is 25.7 Å². The van der Waals surface area contributed by atoms with Crippen molar-refractivity contribution >= 4 is 43.1 Å². The monoisotopic (exact) mass is 634 g/mol. The maximum atomic E-state index is 2.50. The summed E-state index contributed by atoms with van der Waals surface area (Å²) in [6.45, 7) is 0. The van der Waals surface area contributed by atoms with Crippen LogP contribution in [0.5, 0.6) is 0 Å². The summed E-state index contributed by atoms with van der Waals surface area (Å²) in [5, 5.41) is 10.6. The van der Waals surface area contributed by atoms with E-state index in [1.165, 1.54) is 110 Å². The molecule has 0 spiro atoms. The molecular formula is C50H34. The van der Waals surface area contributed by atoms with Gasteiger partial charge in [0.2, 0.25) is 0 Å². The zero-order valence-corrected chi connectivity index (χ0v) is 27.8. The first kappa shape index (κ1) is 27.9. The van der Waals surface area contributed by atoms with Gasteiger partial charge < -0.3 is 0 Å². The Balaban J connectivity index is 1.22. The Morgan fingerprint density at radius 2 is 0.820 bits per heavy atom. The van der Waals surface area contributed by atoms with E-state index in [0.717, 1.165) is 25.7 Å². The minimum absolute atomic E-state index is 1.04. The largest absolute Gasteiger partial charge is 0.0620 e. The third kappa shape index (κ3) is 4.00. The molecule has 0 atom stereocenters. The summed E-state index contributed by atoms with van der Waals surface area (Å²) >= 11 is 0. The summed E-state index contributed by atoms with van der Waals surface area (Å²) in [7, 11) is 0. The minimum Gasteiger partial charge on any atom is -0.0620 e. The van der Waals surface area contributed by atoms with Crippen molar-refractivity contribution in [2.45, 2.75) is 25.7 Å². The van der Waals surface area contributed by atoms with E-state index < -0.39 is 0 Å². The van der Waals surface area contributed by atoms with Crippen molar-refractivity contribution in [2.24, 2.45) is 0 Å². The van der Waals surface area contributed by atoms with Crippen molar-refractivity contribution in [1.29, 1.82) is 0 Å². The molecular weight excluding hydrogens is 601 g/mol. The van der Waals surface area contributed by atoms with E-state index in [9.17, 15) is 0 Å². The highest BCUT2D eigenvalue weighted by Crippen LogP contribution is 2.50. The molecule has 2 aliphatic rings. The summed E-state index contributed by atoms with van der Waals surface area (Å²) in [5.74, 6) is 0. The summed E-state index contributed by atoms with van der Waals surface area (Å²) in [5.41, 5.74) is 16.8. The molecule has 0 saturated heterocycles. The topological polar surface area (TPSA) is 0 Å². The minimum atomic E-state index is 1.04. The van der Waals surface area contributed by atoms with Crippen LogP contribution in [0.25, 0.3) is 87.6 Å². The Bertz CT molecular complexity index is 2810. The van der Waals surface area contributed by atoms with Gasteiger partial charge in [-0.3, -0.25) is 0 Å². The first-order valence-corrected chi connectivity index (χ1v) is 18.0. The average Bonchev–Trinajstić information content (AvgIpc) is 3.19. The molecule has 234 valence electrons. The van der Waals surface area contributed by atoms with E-state index in [1.54, 1.807) is 0 Å². The van der Waals surface area contributed by atoms with Gasteiger partial charge in [-0.1, -0.05) is 146 Å². The van der Waals surface area contributed by atoms with Gasteiger partial charge in [0.05, 0.1) is 0 Å². The molecule has 0 amide bonds. The van der Waals surface area contributed by atoms with Gasteiger partial charge in [0.25, 0.3) is 0 Å². The van der Waals surface area contributed by atoms with E-state index in [4.69, 9.17) is 0 Å². The van der Waals surface area contributed by atoms with Crippen LogP contribution >= 0.6 is 0 Å². The quantitative estimate of drug-likeness (QED) is 0.166. The van der Waals surface area contributed by atoms with Crippen LogP contribution in [-0.4, -0.2) is 0 Å². The van der Waals surface area contributed by atoms with Crippen LogP contribution in [0.3, 0.4) is 0 Å². The van der Waals surface area contributed by atoms with Crippen molar-refractivity contribution in [2.75, 3.05) is 0 Å². The summed E-state index contributed by atoms with van der Waals surface area (Å²) in [6.07, 6.45) is 4.27. The molecule has 0 heterocycles. The summed E-state index contributed by atoms with van der Waals surface area (Å²) in [6, 6.07) is 59.7. The second-order valence-corrected chi connectivity index (χ2v) is 14.2. The molecule has 11 rings (SSSR count). The fourth-order valence-electron chi connectivity index (χ4n) is 9.45. The van der Waals surface area contributed by atoms with Crippen LogP contribution in [0, 0.1) is 0 Å². The number of rotatable bonds is 2. The van der Waals surface area contributed by atoms with E-state index in [2.05, 4.69) is 158 Å². The second-order valence-electron chi connectivity index (χ2n) is 14.2.